The van der Waals surface area contributed by atoms with Gasteiger partial charge in [0.2, 0.25) is 0 Å². The van der Waals surface area contributed by atoms with Crippen molar-refractivity contribution in [3.8, 4) is 5.75 Å². The number of benzene rings is 1. The normalized spacial score (nSPS) is 28.8. The van der Waals surface area contributed by atoms with Gasteiger partial charge in [-0.1, -0.05) is 11.6 Å². The average Bonchev–Trinajstić information content (AvgIpc) is 2.96. The van der Waals surface area contributed by atoms with Gasteiger partial charge in [0, 0.05) is 24.2 Å². The fraction of sp³-hybridized carbons (Fsp3) is 0.500. The van der Waals surface area contributed by atoms with Crippen molar-refractivity contribution in [3.63, 3.8) is 0 Å². The third kappa shape index (κ3) is 2.32. The zero-order valence-electron chi connectivity index (χ0n) is 10.9. The minimum Gasteiger partial charge on any atom is -0.506 e. The van der Waals surface area contributed by atoms with Crippen molar-refractivity contribution < 1.29 is 9.90 Å². The highest BCUT2D eigenvalue weighted by Gasteiger charge is 2.42. The molecule has 20 heavy (non-hydrogen) atoms. The zero-order chi connectivity index (χ0) is 14.4. The number of hydrogen-bond donors (Lipinski definition) is 2. The predicted octanol–water partition coefficient (Wildman–Crippen LogP) is 2.62. The standard InChI is InChI=1S/C14H16BrClN2O2/c15-11-4-8(16)3-9(13(11)19)14(20)18-5-7-1-2-12(17)10(7)6-18/h3-4,7,10,12,19H,1-2,5-6,17H2. The van der Waals surface area contributed by atoms with Crippen LogP contribution in [0, 0.1) is 11.8 Å². The molecule has 1 saturated carbocycles. The first-order valence-corrected chi connectivity index (χ1v) is 7.87. The second kappa shape index (κ2) is 5.20. The number of phenols is 1. The monoisotopic (exact) mass is 358 g/mol. The Morgan fingerprint density at radius 1 is 1.40 bits per heavy atom. The van der Waals surface area contributed by atoms with Gasteiger partial charge in [-0.05, 0) is 52.7 Å². The number of carbonyl (C=O) groups excluding carboxylic acids is 1. The molecule has 1 saturated heterocycles. The lowest BCUT2D eigenvalue weighted by Crippen LogP contribution is -2.33. The van der Waals surface area contributed by atoms with Gasteiger partial charge >= 0.3 is 0 Å². The molecule has 3 unspecified atom stereocenters. The van der Waals surface area contributed by atoms with Gasteiger partial charge in [0.25, 0.3) is 5.91 Å². The molecule has 108 valence electrons. The van der Waals surface area contributed by atoms with E-state index in [0.717, 1.165) is 19.4 Å². The summed E-state index contributed by atoms with van der Waals surface area (Å²) in [6.07, 6.45) is 2.13. The molecule has 1 amide bonds. The molecule has 1 aromatic rings. The van der Waals surface area contributed by atoms with Crippen molar-refractivity contribution >= 4 is 33.4 Å². The van der Waals surface area contributed by atoms with Crippen molar-refractivity contribution in [2.45, 2.75) is 18.9 Å². The van der Waals surface area contributed by atoms with E-state index in [-0.39, 0.29) is 23.3 Å². The van der Waals surface area contributed by atoms with Gasteiger partial charge in [-0.25, -0.2) is 0 Å². The molecule has 6 heteroatoms. The van der Waals surface area contributed by atoms with Crippen molar-refractivity contribution in [3.05, 3.63) is 27.2 Å². The second-order valence-electron chi connectivity index (χ2n) is 5.66. The van der Waals surface area contributed by atoms with Crippen LogP contribution in [0.15, 0.2) is 16.6 Å². The van der Waals surface area contributed by atoms with Gasteiger partial charge in [-0.15, -0.1) is 0 Å². The minimum atomic E-state index is -0.174. The van der Waals surface area contributed by atoms with E-state index in [1.165, 1.54) is 6.07 Å². The van der Waals surface area contributed by atoms with Gasteiger partial charge in [0.1, 0.15) is 5.75 Å². The van der Waals surface area contributed by atoms with Crippen molar-refractivity contribution in [1.82, 2.24) is 4.90 Å². The summed E-state index contributed by atoms with van der Waals surface area (Å²) in [5, 5.41) is 10.5. The third-order valence-corrected chi connectivity index (χ3v) is 5.28. The summed E-state index contributed by atoms with van der Waals surface area (Å²) in [4.78, 5) is 14.3. The van der Waals surface area contributed by atoms with Crippen LogP contribution >= 0.6 is 27.5 Å². The quantitative estimate of drug-likeness (QED) is 0.810. The van der Waals surface area contributed by atoms with Crippen molar-refractivity contribution in [2.75, 3.05) is 13.1 Å². The molecule has 3 rings (SSSR count). The highest BCUT2D eigenvalue weighted by molar-refractivity contribution is 9.10. The first-order valence-electron chi connectivity index (χ1n) is 6.70. The Balaban J connectivity index is 1.84. The molecule has 1 aliphatic carbocycles. The minimum absolute atomic E-state index is 0.0549. The Morgan fingerprint density at radius 3 is 2.85 bits per heavy atom. The average molecular weight is 360 g/mol. The van der Waals surface area contributed by atoms with E-state index in [1.54, 1.807) is 11.0 Å². The Hall–Kier alpha value is -0.780. The maximum absolute atomic E-state index is 12.6. The maximum Gasteiger partial charge on any atom is 0.257 e. The Labute approximate surface area is 131 Å². The summed E-state index contributed by atoms with van der Waals surface area (Å²) < 4.78 is 0.435. The van der Waals surface area contributed by atoms with Crippen LogP contribution in [-0.2, 0) is 0 Å². The number of carbonyl (C=O) groups is 1. The Bertz CT molecular complexity index is 566. The van der Waals surface area contributed by atoms with Crippen LogP contribution in [0.5, 0.6) is 5.75 Å². The van der Waals surface area contributed by atoms with Crippen LogP contribution in [0.4, 0.5) is 0 Å². The first kappa shape index (κ1) is 14.2. The number of halogens is 2. The number of rotatable bonds is 1. The predicted molar refractivity (Wildman–Crippen MR) is 80.9 cm³/mol. The molecular formula is C14H16BrClN2O2. The molecule has 0 spiro atoms. The molecule has 3 N–H and O–H groups in total. The van der Waals surface area contributed by atoms with E-state index in [1.807, 2.05) is 0 Å². The summed E-state index contributed by atoms with van der Waals surface area (Å²) >= 11 is 9.17. The molecule has 2 fully saturated rings. The fourth-order valence-electron chi connectivity index (χ4n) is 3.37. The lowest BCUT2D eigenvalue weighted by Gasteiger charge is -2.19. The van der Waals surface area contributed by atoms with Gasteiger partial charge in [0.15, 0.2) is 0 Å². The molecule has 3 atom stereocenters. The molecule has 0 aromatic heterocycles. The number of aromatic hydroxyl groups is 1. The summed E-state index contributed by atoms with van der Waals surface area (Å²) in [7, 11) is 0. The van der Waals surface area contributed by atoms with E-state index < -0.39 is 0 Å². The summed E-state index contributed by atoms with van der Waals surface area (Å²) in [6.45, 7) is 1.40. The van der Waals surface area contributed by atoms with Gasteiger partial charge in [-0.2, -0.15) is 0 Å². The molecule has 1 heterocycles. The molecule has 0 bridgehead atoms. The van der Waals surface area contributed by atoms with Gasteiger partial charge in [-0.3, -0.25) is 4.79 Å². The van der Waals surface area contributed by atoms with Crippen molar-refractivity contribution in [2.24, 2.45) is 17.6 Å². The SMILES string of the molecule is NC1CCC2CN(C(=O)c3cc(Cl)cc(Br)c3O)CC12. The van der Waals surface area contributed by atoms with Crippen molar-refractivity contribution in [1.29, 1.82) is 0 Å². The molecule has 4 nitrogen and oxygen atoms in total. The molecular weight excluding hydrogens is 344 g/mol. The summed E-state index contributed by atoms with van der Waals surface area (Å²) in [6, 6.07) is 3.28. The van der Waals surface area contributed by atoms with Crippen LogP contribution in [-0.4, -0.2) is 35.0 Å². The number of amides is 1. The van der Waals surface area contributed by atoms with Crippen LogP contribution < -0.4 is 5.73 Å². The van der Waals surface area contributed by atoms with Gasteiger partial charge < -0.3 is 15.7 Å². The lowest BCUT2D eigenvalue weighted by atomic mass is 9.98. The molecule has 1 aliphatic heterocycles. The van der Waals surface area contributed by atoms with E-state index in [4.69, 9.17) is 17.3 Å². The van der Waals surface area contributed by atoms with Gasteiger partial charge in [0.05, 0.1) is 10.0 Å². The summed E-state index contributed by atoms with van der Waals surface area (Å²) in [5.41, 5.74) is 6.33. The van der Waals surface area contributed by atoms with E-state index >= 15 is 0 Å². The number of nitrogens with two attached hydrogens (primary N) is 1. The first-order chi connectivity index (χ1) is 9.47. The Morgan fingerprint density at radius 2 is 2.15 bits per heavy atom. The highest BCUT2D eigenvalue weighted by atomic mass is 79.9. The third-order valence-electron chi connectivity index (χ3n) is 4.46. The number of nitrogens with zero attached hydrogens (tertiary/aromatic N) is 1. The Kier molecular flexibility index (Phi) is 3.69. The molecule has 2 aliphatic rings. The lowest BCUT2D eigenvalue weighted by molar-refractivity contribution is 0.0776. The maximum atomic E-state index is 12.6. The van der Waals surface area contributed by atoms with E-state index in [0.29, 0.717) is 27.9 Å². The smallest absolute Gasteiger partial charge is 0.257 e. The van der Waals surface area contributed by atoms with E-state index in [2.05, 4.69) is 15.9 Å². The molecule has 0 radical (unpaired) electrons. The second-order valence-corrected chi connectivity index (χ2v) is 6.95. The largest absolute Gasteiger partial charge is 0.506 e. The highest BCUT2D eigenvalue weighted by Crippen LogP contribution is 2.39. The van der Waals surface area contributed by atoms with Crippen LogP contribution in [0.25, 0.3) is 0 Å². The summed E-state index contributed by atoms with van der Waals surface area (Å²) in [5.74, 6) is 0.662. The number of likely N-dealkylation sites (tertiary alicyclic amines) is 1. The van der Waals surface area contributed by atoms with E-state index in [9.17, 15) is 9.90 Å². The fourth-order valence-corrected chi connectivity index (χ4v) is 4.18. The number of phenolic OH excluding ortho intramolecular Hbond substituents is 1. The molecule has 1 aromatic carbocycles. The van der Waals surface area contributed by atoms with Crippen LogP contribution in [0.2, 0.25) is 5.02 Å². The van der Waals surface area contributed by atoms with Crippen LogP contribution in [0.3, 0.4) is 0 Å². The number of fused-ring (bicyclic) bond motifs is 1. The zero-order valence-corrected chi connectivity index (χ0v) is 13.2. The van der Waals surface area contributed by atoms with Crippen LogP contribution in [0.1, 0.15) is 23.2 Å². The number of hydrogen-bond acceptors (Lipinski definition) is 3. The topological polar surface area (TPSA) is 66.6 Å².